The van der Waals surface area contributed by atoms with Crippen molar-refractivity contribution < 1.29 is 14.2 Å². The minimum absolute atomic E-state index is 0. The molecule has 0 atom stereocenters. The predicted molar refractivity (Wildman–Crippen MR) is 108 cm³/mol. The molecular weight excluding hydrogens is 436 g/mol. The average molecular weight is 459 g/mol. The van der Waals surface area contributed by atoms with Crippen LogP contribution in [0.5, 0.6) is 11.5 Å². The smallest absolute Gasteiger partial charge is 0.191 e. The number of nitrogens with zero attached hydrogens (tertiary/aromatic N) is 1. The molecule has 0 fully saturated rings. The van der Waals surface area contributed by atoms with Crippen LogP contribution >= 0.6 is 24.0 Å². The molecule has 2 aromatic carbocycles. The van der Waals surface area contributed by atoms with Gasteiger partial charge in [0.2, 0.25) is 0 Å². The van der Waals surface area contributed by atoms with Gasteiger partial charge < -0.3 is 20.5 Å². The van der Waals surface area contributed by atoms with E-state index in [2.05, 4.69) is 15.6 Å². The lowest BCUT2D eigenvalue weighted by atomic mass is 10.2. The van der Waals surface area contributed by atoms with E-state index in [0.717, 1.165) is 5.56 Å². The highest BCUT2D eigenvalue weighted by atomic mass is 127. The van der Waals surface area contributed by atoms with Crippen LogP contribution in [0.2, 0.25) is 0 Å². The van der Waals surface area contributed by atoms with Gasteiger partial charge >= 0.3 is 0 Å². The molecular formula is C18H23FIN3O2. The minimum Gasteiger partial charge on any atom is -0.504 e. The maximum Gasteiger partial charge on any atom is 0.191 e. The lowest BCUT2D eigenvalue weighted by Crippen LogP contribution is -2.36. The van der Waals surface area contributed by atoms with Crippen LogP contribution in [0.4, 0.5) is 4.39 Å². The van der Waals surface area contributed by atoms with Crippen molar-refractivity contribution in [3.05, 3.63) is 59.4 Å². The van der Waals surface area contributed by atoms with E-state index >= 15 is 0 Å². The highest BCUT2D eigenvalue weighted by Crippen LogP contribution is 2.29. The fraction of sp³-hybridized carbons (Fsp3) is 0.278. The molecule has 3 N–H and O–H groups in total. The monoisotopic (exact) mass is 459 g/mol. The summed E-state index contributed by atoms with van der Waals surface area (Å²) >= 11 is 0. The fourth-order valence-corrected chi connectivity index (χ4v) is 2.20. The molecule has 0 spiro atoms. The largest absolute Gasteiger partial charge is 0.504 e. The number of aliphatic imine (C=N–C) groups is 1. The van der Waals surface area contributed by atoms with Crippen LogP contribution in [0.15, 0.2) is 47.5 Å². The van der Waals surface area contributed by atoms with Crippen molar-refractivity contribution in [2.24, 2.45) is 4.99 Å². The lowest BCUT2D eigenvalue weighted by Gasteiger charge is -2.13. The number of guanidine groups is 1. The van der Waals surface area contributed by atoms with Crippen LogP contribution in [0, 0.1) is 5.82 Å². The van der Waals surface area contributed by atoms with Gasteiger partial charge in [-0.25, -0.2) is 9.38 Å². The number of rotatable bonds is 6. The van der Waals surface area contributed by atoms with Crippen LogP contribution in [-0.4, -0.2) is 24.7 Å². The molecule has 2 aromatic rings. The molecule has 0 aliphatic rings. The van der Waals surface area contributed by atoms with Crippen molar-refractivity contribution in [2.75, 3.05) is 13.7 Å². The highest BCUT2D eigenvalue weighted by molar-refractivity contribution is 14.0. The van der Waals surface area contributed by atoms with Crippen molar-refractivity contribution in [1.29, 1.82) is 0 Å². The quantitative estimate of drug-likeness (QED) is 0.352. The first-order chi connectivity index (χ1) is 11.6. The van der Waals surface area contributed by atoms with Gasteiger partial charge in [-0.1, -0.05) is 24.3 Å². The molecule has 5 nitrogen and oxygen atoms in total. The number of phenols is 1. The van der Waals surface area contributed by atoms with E-state index in [-0.39, 0.29) is 35.5 Å². The van der Waals surface area contributed by atoms with Crippen LogP contribution in [0.3, 0.4) is 0 Å². The zero-order valence-corrected chi connectivity index (χ0v) is 16.6. The summed E-state index contributed by atoms with van der Waals surface area (Å²) in [5.41, 5.74) is 1.49. The van der Waals surface area contributed by atoms with E-state index in [4.69, 9.17) is 4.74 Å². The molecule has 0 heterocycles. The van der Waals surface area contributed by atoms with Gasteiger partial charge in [-0.15, -0.1) is 24.0 Å². The third kappa shape index (κ3) is 6.41. The Kier molecular flexibility index (Phi) is 9.04. The molecule has 0 unspecified atom stereocenters. The average Bonchev–Trinajstić information content (AvgIpc) is 2.58. The molecule has 0 aliphatic heterocycles. The Morgan fingerprint density at radius 1 is 1.20 bits per heavy atom. The molecule has 136 valence electrons. The van der Waals surface area contributed by atoms with E-state index in [0.29, 0.717) is 36.9 Å². The van der Waals surface area contributed by atoms with Gasteiger partial charge in [-0.2, -0.15) is 0 Å². The van der Waals surface area contributed by atoms with Crippen molar-refractivity contribution in [3.63, 3.8) is 0 Å². The van der Waals surface area contributed by atoms with Gasteiger partial charge in [-0.3, -0.25) is 0 Å². The summed E-state index contributed by atoms with van der Waals surface area (Å²) in [4.78, 5) is 4.43. The zero-order chi connectivity index (χ0) is 17.4. The number of methoxy groups -OCH3 is 1. The Bertz CT molecular complexity index is 710. The van der Waals surface area contributed by atoms with Crippen molar-refractivity contribution in [1.82, 2.24) is 10.6 Å². The Labute approximate surface area is 164 Å². The fourth-order valence-electron chi connectivity index (χ4n) is 2.20. The zero-order valence-electron chi connectivity index (χ0n) is 14.3. The summed E-state index contributed by atoms with van der Waals surface area (Å²) < 4.78 is 18.3. The van der Waals surface area contributed by atoms with Crippen LogP contribution in [0.25, 0.3) is 0 Å². The number of benzene rings is 2. The first kappa shape index (κ1) is 21.0. The van der Waals surface area contributed by atoms with Gasteiger partial charge in [0.25, 0.3) is 0 Å². The topological polar surface area (TPSA) is 65.9 Å². The van der Waals surface area contributed by atoms with Crippen LogP contribution in [0.1, 0.15) is 18.1 Å². The first-order valence-corrected chi connectivity index (χ1v) is 7.75. The summed E-state index contributed by atoms with van der Waals surface area (Å²) in [6.45, 7) is 3.40. The normalized spacial score (nSPS) is 10.8. The maximum absolute atomic E-state index is 13.2. The van der Waals surface area contributed by atoms with E-state index in [1.54, 1.807) is 18.2 Å². The Morgan fingerprint density at radius 2 is 1.96 bits per heavy atom. The van der Waals surface area contributed by atoms with Crippen molar-refractivity contribution in [2.45, 2.75) is 20.0 Å². The number of phenolic OH excluding ortho intramolecular Hbond substituents is 1. The second kappa shape index (κ2) is 10.8. The maximum atomic E-state index is 13.2. The number of nitrogens with one attached hydrogen (secondary N) is 2. The first-order valence-electron chi connectivity index (χ1n) is 7.75. The van der Waals surface area contributed by atoms with E-state index < -0.39 is 0 Å². The summed E-state index contributed by atoms with van der Waals surface area (Å²) in [7, 11) is 1.51. The number of hydrogen-bond acceptors (Lipinski definition) is 3. The molecule has 0 amide bonds. The van der Waals surface area contributed by atoms with Crippen LogP contribution < -0.4 is 15.4 Å². The summed E-state index contributed by atoms with van der Waals surface area (Å²) in [6, 6.07) is 11.7. The van der Waals surface area contributed by atoms with Crippen molar-refractivity contribution in [3.8, 4) is 11.5 Å². The van der Waals surface area contributed by atoms with Crippen molar-refractivity contribution >= 4 is 29.9 Å². The highest BCUT2D eigenvalue weighted by Gasteiger charge is 2.07. The molecule has 7 heteroatoms. The van der Waals surface area contributed by atoms with E-state index in [9.17, 15) is 9.50 Å². The van der Waals surface area contributed by atoms with Crippen LogP contribution in [-0.2, 0) is 13.1 Å². The number of para-hydroxylation sites is 1. The van der Waals surface area contributed by atoms with Gasteiger partial charge in [-0.05, 0) is 30.7 Å². The standard InChI is InChI=1S/C18H22FN3O2.HI/c1-3-20-18(21-11-13-6-4-8-15(19)10-13)22-12-14-7-5-9-16(24-2)17(14)23;/h4-10,23H,3,11-12H2,1-2H3,(H2,20,21,22);1H. The Balaban J connectivity index is 0.00000312. The number of aromatic hydroxyl groups is 1. The summed E-state index contributed by atoms with van der Waals surface area (Å²) in [6.07, 6.45) is 0. The molecule has 0 aliphatic carbocycles. The second-order valence-electron chi connectivity index (χ2n) is 5.15. The number of ether oxygens (including phenoxy) is 1. The molecule has 0 saturated heterocycles. The lowest BCUT2D eigenvalue weighted by molar-refractivity contribution is 0.370. The van der Waals surface area contributed by atoms with Gasteiger partial charge in [0, 0.05) is 18.7 Å². The molecule has 0 aromatic heterocycles. The molecule has 25 heavy (non-hydrogen) atoms. The van der Waals surface area contributed by atoms with Gasteiger partial charge in [0.15, 0.2) is 17.5 Å². The molecule has 0 radical (unpaired) electrons. The third-order valence-electron chi connectivity index (χ3n) is 3.40. The number of hydrogen-bond donors (Lipinski definition) is 3. The Hall–Kier alpha value is -2.03. The molecule has 0 saturated carbocycles. The third-order valence-corrected chi connectivity index (χ3v) is 3.40. The Morgan fingerprint density at radius 3 is 2.64 bits per heavy atom. The second-order valence-corrected chi connectivity index (χ2v) is 5.15. The van der Waals surface area contributed by atoms with Gasteiger partial charge in [0.1, 0.15) is 5.82 Å². The predicted octanol–water partition coefficient (Wildman–Crippen LogP) is 3.41. The number of halogens is 2. The SMILES string of the molecule is CCNC(=NCc1cccc(F)c1)NCc1cccc(OC)c1O.I. The minimum atomic E-state index is -0.276. The molecule has 2 rings (SSSR count). The van der Waals surface area contributed by atoms with Gasteiger partial charge in [0.05, 0.1) is 13.7 Å². The van der Waals surface area contributed by atoms with E-state index in [1.807, 2.05) is 19.1 Å². The van der Waals surface area contributed by atoms with E-state index in [1.165, 1.54) is 19.2 Å². The summed E-state index contributed by atoms with van der Waals surface area (Å²) in [5, 5.41) is 16.4. The summed E-state index contributed by atoms with van der Waals surface area (Å²) in [5.74, 6) is 0.843. The molecule has 0 bridgehead atoms.